The smallest absolute Gasteiger partial charge is 0.246 e. The van der Waals surface area contributed by atoms with E-state index in [0.29, 0.717) is 0 Å². The van der Waals surface area contributed by atoms with Crippen molar-refractivity contribution in [1.82, 2.24) is 5.32 Å². The van der Waals surface area contributed by atoms with Gasteiger partial charge in [0, 0.05) is 29.5 Å². The first-order valence-electron chi connectivity index (χ1n) is 7.32. The molecule has 2 N–H and O–H groups in total. The number of likely N-dealkylation sites (N-methyl/N-ethyl adjacent to an activating group) is 1. The van der Waals surface area contributed by atoms with Crippen molar-refractivity contribution in [3.05, 3.63) is 23.8 Å². The molecule has 0 aromatic heterocycles. The maximum atomic E-state index is 12.0. The SMILES string of the molecule is CCNC1C(=O)Nc2cc(N(C)C(C)(C)CC)ccc21. The zero-order valence-electron chi connectivity index (χ0n) is 13.1. The monoisotopic (exact) mass is 275 g/mol. The van der Waals surface area contributed by atoms with E-state index in [0.717, 1.165) is 29.9 Å². The zero-order chi connectivity index (χ0) is 14.9. The molecule has 0 aliphatic carbocycles. The molecule has 0 bridgehead atoms. The van der Waals surface area contributed by atoms with Gasteiger partial charge in [-0.15, -0.1) is 0 Å². The van der Waals surface area contributed by atoms with Crippen molar-refractivity contribution in [3.63, 3.8) is 0 Å². The molecular formula is C16H25N3O. The summed E-state index contributed by atoms with van der Waals surface area (Å²) in [5.41, 5.74) is 3.20. The number of benzene rings is 1. The molecule has 1 heterocycles. The number of hydrogen-bond donors (Lipinski definition) is 2. The van der Waals surface area contributed by atoms with Crippen molar-refractivity contribution < 1.29 is 4.79 Å². The number of carbonyl (C=O) groups excluding carboxylic acids is 1. The van der Waals surface area contributed by atoms with E-state index in [1.165, 1.54) is 0 Å². The van der Waals surface area contributed by atoms with Gasteiger partial charge in [-0.05, 0) is 38.9 Å². The fourth-order valence-electron chi connectivity index (χ4n) is 2.45. The highest BCUT2D eigenvalue weighted by Gasteiger charge is 2.31. The number of hydrogen-bond acceptors (Lipinski definition) is 3. The highest BCUT2D eigenvalue weighted by Crippen LogP contribution is 2.35. The first-order chi connectivity index (χ1) is 9.40. The van der Waals surface area contributed by atoms with Crippen LogP contribution < -0.4 is 15.5 Å². The lowest BCUT2D eigenvalue weighted by Crippen LogP contribution is -2.40. The van der Waals surface area contributed by atoms with Crippen molar-refractivity contribution in [1.29, 1.82) is 0 Å². The van der Waals surface area contributed by atoms with E-state index in [9.17, 15) is 4.79 Å². The summed E-state index contributed by atoms with van der Waals surface area (Å²) in [6, 6.07) is 6.01. The predicted octanol–water partition coefficient (Wildman–Crippen LogP) is 2.91. The van der Waals surface area contributed by atoms with Crippen LogP contribution in [0.1, 0.15) is 45.7 Å². The van der Waals surface area contributed by atoms with E-state index in [1.54, 1.807) is 0 Å². The van der Waals surface area contributed by atoms with Gasteiger partial charge in [-0.3, -0.25) is 4.79 Å². The van der Waals surface area contributed by atoms with Crippen LogP contribution in [0.5, 0.6) is 0 Å². The molecule has 0 saturated heterocycles. The Labute approximate surface area is 121 Å². The molecule has 0 fully saturated rings. The Balaban J connectivity index is 2.31. The van der Waals surface area contributed by atoms with Gasteiger partial charge >= 0.3 is 0 Å². The van der Waals surface area contributed by atoms with E-state index in [4.69, 9.17) is 0 Å². The minimum absolute atomic E-state index is 0.0383. The number of nitrogens with one attached hydrogen (secondary N) is 2. The van der Waals surface area contributed by atoms with Crippen LogP contribution in [0.4, 0.5) is 11.4 Å². The van der Waals surface area contributed by atoms with Gasteiger partial charge in [-0.25, -0.2) is 0 Å². The summed E-state index contributed by atoms with van der Waals surface area (Å²) >= 11 is 0. The predicted molar refractivity (Wildman–Crippen MR) is 84.3 cm³/mol. The fourth-order valence-corrected chi connectivity index (χ4v) is 2.45. The molecule has 1 aromatic rings. The lowest BCUT2D eigenvalue weighted by Gasteiger charge is -2.37. The van der Waals surface area contributed by atoms with E-state index >= 15 is 0 Å². The van der Waals surface area contributed by atoms with Gasteiger partial charge in [0.2, 0.25) is 5.91 Å². The van der Waals surface area contributed by atoms with E-state index < -0.39 is 0 Å². The molecule has 0 radical (unpaired) electrons. The molecule has 1 aromatic carbocycles. The average Bonchev–Trinajstić information content (AvgIpc) is 2.74. The third-order valence-corrected chi connectivity index (χ3v) is 4.44. The maximum absolute atomic E-state index is 12.0. The van der Waals surface area contributed by atoms with Crippen LogP contribution in [0.25, 0.3) is 0 Å². The molecule has 2 rings (SSSR count). The van der Waals surface area contributed by atoms with Crippen molar-refractivity contribution in [2.24, 2.45) is 0 Å². The topological polar surface area (TPSA) is 44.4 Å². The molecule has 20 heavy (non-hydrogen) atoms. The lowest BCUT2D eigenvalue weighted by molar-refractivity contribution is -0.117. The molecule has 1 unspecified atom stereocenters. The maximum Gasteiger partial charge on any atom is 0.246 e. The fraction of sp³-hybridized carbons (Fsp3) is 0.562. The Morgan fingerprint density at radius 1 is 1.35 bits per heavy atom. The molecule has 1 aliphatic rings. The van der Waals surface area contributed by atoms with Crippen LogP contribution in [0.2, 0.25) is 0 Å². The lowest BCUT2D eigenvalue weighted by atomic mass is 9.98. The van der Waals surface area contributed by atoms with Gasteiger partial charge in [0.15, 0.2) is 0 Å². The molecular weight excluding hydrogens is 250 g/mol. The van der Waals surface area contributed by atoms with Crippen LogP contribution in [-0.2, 0) is 4.79 Å². The molecule has 1 aliphatic heterocycles. The molecule has 1 atom stereocenters. The van der Waals surface area contributed by atoms with Crippen LogP contribution in [-0.4, -0.2) is 25.0 Å². The highest BCUT2D eigenvalue weighted by molar-refractivity contribution is 6.03. The number of nitrogens with zero attached hydrogens (tertiary/aromatic N) is 1. The van der Waals surface area contributed by atoms with Gasteiger partial charge in [-0.2, -0.15) is 0 Å². The Morgan fingerprint density at radius 3 is 2.65 bits per heavy atom. The third-order valence-electron chi connectivity index (χ3n) is 4.44. The number of amides is 1. The Kier molecular flexibility index (Phi) is 4.04. The summed E-state index contributed by atoms with van der Waals surface area (Å²) in [6.45, 7) is 9.42. The number of fused-ring (bicyclic) bond motifs is 1. The standard InChI is InChI=1S/C16H25N3O/c1-6-16(3,4)19(5)11-8-9-12-13(10-11)18-15(20)14(12)17-7-2/h8-10,14,17H,6-7H2,1-5H3,(H,18,20). The first-order valence-corrected chi connectivity index (χ1v) is 7.32. The van der Waals surface area contributed by atoms with Gasteiger partial charge < -0.3 is 15.5 Å². The Morgan fingerprint density at radius 2 is 2.05 bits per heavy atom. The van der Waals surface area contributed by atoms with E-state index in [2.05, 4.69) is 61.6 Å². The van der Waals surface area contributed by atoms with Gasteiger partial charge in [-0.1, -0.05) is 19.9 Å². The highest BCUT2D eigenvalue weighted by atomic mass is 16.2. The third kappa shape index (κ3) is 2.52. The average molecular weight is 275 g/mol. The van der Waals surface area contributed by atoms with Crippen LogP contribution in [0.15, 0.2) is 18.2 Å². The van der Waals surface area contributed by atoms with Crippen molar-refractivity contribution in [2.45, 2.75) is 45.7 Å². The van der Waals surface area contributed by atoms with Gasteiger partial charge in [0.25, 0.3) is 0 Å². The minimum atomic E-state index is -0.214. The summed E-state index contributed by atoms with van der Waals surface area (Å²) in [5, 5.41) is 6.18. The summed E-state index contributed by atoms with van der Waals surface area (Å²) < 4.78 is 0. The number of carbonyl (C=O) groups is 1. The van der Waals surface area contributed by atoms with Crippen LogP contribution in [0, 0.1) is 0 Å². The number of anilines is 2. The Bertz CT molecular complexity index is 510. The van der Waals surface area contributed by atoms with E-state index in [-0.39, 0.29) is 17.5 Å². The molecule has 110 valence electrons. The summed E-state index contributed by atoms with van der Waals surface area (Å²) in [7, 11) is 2.10. The molecule has 4 heteroatoms. The van der Waals surface area contributed by atoms with Gasteiger partial charge in [0.05, 0.1) is 0 Å². The second-order valence-corrected chi connectivity index (χ2v) is 5.98. The van der Waals surface area contributed by atoms with Crippen LogP contribution >= 0.6 is 0 Å². The van der Waals surface area contributed by atoms with Crippen LogP contribution in [0.3, 0.4) is 0 Å². The van der Waals surface area contributed by atoms with E-state index in [1.807, 2.05) is 6.92 Å². The Hall–Kier alpha value is -1.55. The molecule has 4 nitrogen and oxygen atoms in total. The largest absolute Gasteiger partial charge is 0.369 e. The van der Waals surface area contributed by atoms with Crippen molar-refractivity contribution >= 4 is 17.3 Å². The quantitative estimate of drug-likeness (QED) is 0.868. The normalized spacial score (nSPS) is 17.9. The zero-order valence-corrected chi connectivity index (χ0v) is 13.1. The minimum Gasteiger partial charge on any atom is -0.369 e. The van der Waals surface area contributed by atoms with Crippen molar-refractivity contribution in [2.75, 3.05) is 23.8 Å². The molecule has 1 amide bonds. The molecule has 0 spiro atoms. The number of rotatable bonds is 5. The van der Waals surface area contributed by atoms with Gasteiger partial charge in [0.1, 0.15) is 6.04 Å². The second kappa shape index (κ2) is 5.44. The van der Waals surface area contributed by atoms with Crippen molar-refractivity contribution in [3.8, 4) is 0 Å². The summed E-state index contributed by atoms with van der Waals surface area (Å²) in [6.07, 6.45) is 1.06. The molecule has 0 saturated carbocycles. The first kappa shape index (κ1) is 14.9. The summed E-state index contributed by atoms with van der Waals surface area (Å²) in [4.78, 5) is 14.2. The second-order valence-electron chi connectivity index (χ2n) is 5.98. The summed E-state index contributed by atoms with van der Waals surface area (Å²) in [5.74, 6) is 0.0383.